The lowest BCUT2D eigenvalue weighted by atomic mass is 10.1. The standard InChI is InChI=1S/C25H26N8O/c1-3-22(34)27-18-7-4-6-17(14-18)23-21-16-26-31-24(21)30-25(29-23)28-19-8-5-9-20(15-19)33-12-10-32(2)11-13-33/h3-9,14-16H,1,10-13H2,2H3,(H,27,34)(H2,26,28,29,30,31). The summed E-state index contributed by atoms with van der Waals surface area (Å²) in [6.45, 7) is 7.60. The molecule has 0 unspecified atom stereocenters. The molecule has 1 aliphatic rings. The third-order valence-electron chi connectivity index (χ3n) is 5.87. The number of aromatic amines is 1. The SMILES string of the molecule is C=CC(=O)Nc1cccc(-c2nc(Nc3cccc(N4CCN(C)CC4)c3)nc3[nH]ncc23)c1. The number of fused-ring (bicyclic) bond motifs is 1. The van der Waals surface area contributed by atoms with Gasteiger partial charge in [0.25, 0.3) is 0 Å². The second-order valence-corrected chi connectivity index (χ2v) is 8.27. The molecule has 0 bridgehead atoms. The Hall–Kier alpha value is -4.24. The molecule has 4 aromatic rings. The van der Waals surface area contributed by atoms with Crippen LogP contribution in [-0.4, -0.2) is 64.2 Å². The molecule has 1 aliphatic heterocycles. The Balaban J connectivity index is 1.45. The van der Waals surface area contributed by atoms with Gasteiger partial charge in [-0.15, -0.1) is 0 Å². The Morgan fingerprint density at radius 2 is 1.85 bits per heavy atom. The average molecular weight is 455 g/mol. The van der Waals surface area contributed by atoms with Crippen LogP contribution in [0, 0.1) is 0 Å². The summed E-state index contributed by atoms with van der Waals surface area (Å²) in [6.07, 6.45) is 2.95. The van der Waals surface area contributed by atoms with Gasteiger partial charge in [0.15, 0.2) is 5.65 Å². The fraction of sp³-hybridized carbons (Fsp3) is 0.200. The van der Waals surface area contributed by atoms with Crippen molar-refractivity contribution in [2.24, 2.45) is 0 Å². The molecule has 34 heavy (non-hydrogen) atoms. The van der Waals surface area contributed by atoms with Gasteiger partial charge < -0.3 is 20.4 Å². The minimum Gasteiger partial charge on any atom is -0.369 e. The molecule has 9 heteroatoms. The molecule has 3 heterocycles. The Bertz CT molecular complexity index is 1340. The first kappa shape index (κ1) is 21.6. The van der Waals surface area contributed by atoms with E-state index in [1.165, 1.54) is 11.8 Å². The van der Waals surface area contributed by atoms with Gasteiger partial charge in [0.2, 0.25) is 11.9 Å². The number of rotatable bonds is 6. The number of carbonyl (C=O) groups excluding carboxylic acids is 1. The third-order valence-corrected chi connectivity index (χ3v) is 5.87. The van der Waals surface area contributed by atoms with Gasteiger partial charge in [0, 0.05) is 48.8 Å². The molecule has 0 saturated carbocycles. The van der Waals surface area contributed by atoms with Gasteiger partial charge in [-0.3, -0.25) is 9.89 Å². The lowest BCUT2D eigenvalue weighted by Gasteiger charge is -2.34. The molecule has 2 aromatic carbocycles. The summed E-state index contributed by atoms with van der Waals surface area (Å²) in [7, 11) is 2.15. The van der Waals surface area contributed by atoms with Crippen LogP contribution in [0.15, 0.2) is 67.4 Å². The summed E-state index contributed by atoms with van der Waals surface area (Å²) in [5.74, 6) is 0.193. The van der Waals surface area contributed by atoms with Crippen LogP contribution in [0.25, 0.3) is 22.3 Å². The van der Waals surface area contributed by atoms with E-state index in [0.29, 0.717) is 23.0 Å². The van der Waals surface area contributed by atoms with E-state index in [2.05, 4.69) is 61.4 Å². The van der Waals surface area contributed by atoms with Crippen molar-refractivity contribution < 1.29 is 4.79 Å². The number of H-pyrrole nitrogens is 1. The van der Waals surface area contributed by atoms with Crippen molar-refractivity contribution in [3.8, 4) is 11.3 Å². The third kappa shape index (κ3) is 4.60. The van der Waals surface area contributed by atoms with Crippen LogP contribution in [0.2, 0.25) is 0 Å². The zero-order valence-electron chi connectivity index (χ0n) is 19.0. The number of piperazine rings is 1. The van der Waals surface area contributed by atoms with Crippen LogP contribution in [0.1, 0.15) is 0 Å². The Labute approximate surface area is 197 Å². The highest BCUT2D eigenvalue weighted by Crippen LogP contribution is 2.29. The molecule has 9 nitrogen and oxygen atoms in total. The fourth-order valence-electron chi connectivity index (χ4n) is 4.02. The van der Waals surface area contributed by atoms with E-state index < -0.39 is 0 Å². The lowest BCUT2D eigenvalue weighted by molar-refractivity contribution is -0.111. The van der Waals surface area contributed by atoms with Crippen LogP contribution in [-0.2, 0) is 4.79 Å². The highest BCUT2D eigenvalue weighted by Gasteiger charge is 2.16. The topological polar surface area (TPSA) is 102 Å². The van der Waals surface area contributed by atoms with Crippen LogP contribution in [0.5, 0.6) is 0 Å². The van der Waals surface area contributed by atoms with Gasteiger partial charge in [-0.05, 0) is 43.5 Å². The molecule has 5 rings (SSSR count). The average Bonchev–Trinajstić information content (AvgIpc) is 3.33. The number of hydrogen-bond donors (Lipinski definition) is 3. The summed E-state index contributed by atoms with van der Waals surface area (Å²) >= 11 is 0. The minimum atomic E-state index is -0.268. The van der Waals surface area contributed by atoms with Gasteiger partial charge in [0.05, 0.1) is 17.3 Å². The molecular weight excluding hydrogens is 428 g/mol. The smallest absolute Gasteiger partial charge is 0.247 e. The van der Waals surface area contributed by atoms with Gasteiger partial charge in [-0.2, -0.15) is 10.1 Å². The van der Waals surface area contributed by atoms with Crippen LogP contribution in [0.4, 0.5) is 23.0 Å². The van der Waals surface area contributed by atoms with Gasteiger partial charge in [0.1, 0.15) is 0 Å². The van der Waals surface area contributed by atoms with Crippen LogP contribution in [0.3, 0.4) is 0 Å². The Morgan fingerprint density at radius 3 is 2.68 bits per heavy atom. The number of hydrogen-bond acceptors (Lipinski definition) is 7. The molecule has 0 spiro atoms. The summed E-state index contributed by atoms with van der Waals surface area (Å²) in [4.78, 5) is 25.9. The fourth-order valence-corrected chi connectivity index (χ4v) is 4.02. The number of aromatic nitrogens is 4. The zero-order valence-corrected chi connectivity index (χ0v) is 19.0. The molecule has 0 atom stereocenters. The van der Waals surface area contributed by atoms with Crippen molar-refractivity contribution in [3.63, 3.8) is 0 Å². The number of nitrogens with one attached hydrogen (secondary N) is 3. The van der Waals surface area contributed by atoms with Crippen molar-refractivity contribution >= 4 is 40.0 Å². The second kappa shape index (κ2) is 9.32. The Morgan fingerprint density at radius 1 is 1.06 bits per heavy atom. The minimum absolute atomic E-state index is 0.268. The van der Waals surface area contributed by atoms with Crippen molar-refractivity contribution in [2.45, 2.75) is 0 Å². The van der Waals surface area contributed by atoms with Crippen molar-refractivity contribution in [3.05, 3.63) is 67.4 Å². The predicted molar refractivity (Wildman–Crippen MR) is 135 cm³/mol. The zero-order chi connectivity index (χ0) is 23.5. The van der Waals surface area contributed by atoms with E-state index in [1.54, 1.807) is 6.20 Å². The number of likely N-dealkylation sites (N-methyl/N-ethyl adjacent to an activating group) is 1. The maximum absolute atomic E-state index is 11.7. The number of amides is 1. The van der Waals surface area contributed by atoms with Gasteiger partial charge >= 0.3 is 0 Å². The number of carbonyl (C=O) groups is 1. The van der Waals surface area contributed by atoms with E-state index in [1.807, 2.05) is 36.4 Å². The maximum Gasteiger partial charge on any atom is 0.247 e. The van der Waals surface area contributed by atoms with Crippen LogP contribution >= 0.6 is 0 Å². The monoisotopic (exact) mass is 454 g/mol. The molecule has 1 fully saturated rings. The van der Waals surface area contributed by atoms with E-state index in [-0.39, 0.29) is 5.91 Å². The lowest BCUT2D eigenvalue weighted by Crippen LogP contribution is -2.44. The molecule has 172 valence electrons. The predicted octanol–water partition coefficient (Wildman–Crippen LogP) is 3.64. The summed E-state index contributed by atoms with van der Waals surface area (Å²) < 4.78 is 0. The van der Waals surface area contributed by atoms with E-state index in [0.717, 1.165) is 42.8 Å². The first-order chi connectivity index (χ1) is 16.6. The van der Waals surface area contributed by atoms with Crippen molar-refractivity contribution in [1.29, 1.82) is 0 Å². The molecule has 0 aliphatic carbocycles. The normalized spacial score (nSPS) is 14.2. The van der Waals surface area contributed by atoms with Crippen molar-refractivity contribution in [1.82, 2.24) is 25.1 Å². The van der Waals surface area contributed by atoms with Crippen molar-refractivity contribution in [2.75, 3.05) is 48.8 Å². The first-order valence-corrected chi connectivity index (χ1v) is 11.1. The quantitative estimate of drug-likeness (QED) is 0.382. The summed E-state index contributed by atoms with van der Waals surface area (Å²) in [5, 5.41) is 14.0. The summed E-state index contributed by atoms with van der Waals surface area (Å²) in [5.41, 5.74) is 4.92. The highest BCUT2D eigenvalue weighted by atomic mass is 16.1. The molecular formula is C25H26N8O. The first-order valence-electron chi connectivity index (χ1n) is 11.1. The Kier molecular flexibility index (Phi) is 5.92. The largest absolute Gasteiger partial charge is 0.369 e. The molecule has 3 N–H and O–H groups in total. The van der Waals surface area contributed by atoms with Crippen LogP contribution < -0.4 is 15.5 Å². The summed E-state index contributed by atoms with van der Waals surface area (Å²) in [6, 6.07) is 15.8. The molecule has 2 aromatic heterocycles. The molecule has 0 radical (unpaired) electrons. The van der Waals surface area contributed by atoms with E-state index in [4.69, 9.17) is 4.98 Å². The number of anilines is 4. The van der Waals surface area contributed by atoms with E-state index in [9.17, 15) is 4.79 Å². The molecule has 1 saturated heterocycles. The van der Waals surface area contributed by atoms with Gasteiger partial charge in [-0.25, -0.2) is 4.98 Å². The molecule has 1 amide bonds. The second-order valence-electron chi connectivity index (χ2n) is 8.27. The number of nitrogens with zero attached hydrogens (tertiary/aromatic N) is 5. The number of benzene rings is 2. The van der Waals surface area contributed by atoms with E-state index >= 15 is 0 Å². The maximum atomic E-state index is 11.7. The van der Waals surface area contributed by atoms with Gasteiger partial charge in [-0.1, -0.05) is 24.8 Å². The highest BCUT2D eigenvalue weighted by molar-refractivity contribution is 5.99.